The van der Waals surface area contributed by atoms with E-state index in [0.717, 1.165) is 11.3 Å². The summed E-state index contributed by atoms with van der Waals surface area (Å²) in [5.41, 5.74) is 2.60. The number of hydrogen-bond acceptors (Lipinski definition) is 5. The van der Waals surface area contributed by atoms with E-state index in [1.54, 1.807) is 17.6 Å². The van der Waals surface area contributed by atoms with Crippen molar-refractivity contribution in [1.82, 2.24) is 9.99 Å². The van der Waals surface area contributed by atoms with Gasteiger partial charge in [0.2, 0.25) is 0 Å². The number of hydrazine groups is 1. The van der Waals surface area contributed by atoms with E-state index < -0.39 is 5.91 Å². The quantitative estimate of drug-likeness (QED) is 0.453. The van der Waals surface area contributed by atoms with Gasteiger partial charge >= 0.3 is 10.8 Å². The molecule has 0 aliphatic heterocycles. The molecule has 0 aliphatic carbocycles. The molecule has 0 saturated carbocycles. The van der Waals surface area contributed by atoms with E-state index in [1.807, 2.05) is 5.43 Å². The first-order valence-corrected chi connectivity index (χ1v) is 5.31. The molecule has 7 heteroatoms. The van der Waals surface area contributed by atoms with Crippen LogP contribution in [0.3, 0.4) is 0 Å². The van der Waals surface area contributed by atoms with Crippen LogP contribution in [-0.4, -0.2) is 10.5 Å². The Kier molecular flexibility index (Phi) is 2.88. The van der Waals surface area contributed by atoms with Crippen LogP contribution in [0.25, 0.3) is 0 Å². The normalized spacial score (nSPS) is 10.3. The van der Waals surface area contributed by atoms with E-state index >= 15 is 0 Å². The standard InChI is InChI=1S/C9H9N3O3S/c10-11-8(13)7-6(1-3-15-7)5-12-2-4-16-9(12)14/h1-4H,5,10H2,(H,11,13). The Balaban J connectivity index is 2.29. The number of furan rings is 1. The first-order valence-electron chi connectivity index (χ1n) is 4.43. The molecule has 2 aromatic heterocycles. The molecule has 0 fully saturated rings. The van der Waals surface area contributed by atoms with Gasteiger partial charge in [-0.25, -0.2) is 5.84 Å². The molecule has 0 radical (unpaired) electrons. The first kappa shape index (κ1) is 10.7. The topological polar surface area (TPSA) is 90.3 Å². The lowest BCUT2D eigenvalue weighted by molar-refractivity contribution is 0.0924. The zero-order valence-corrected chi connectivity index (χ0v) is 8.99. The molecule has 0 saturated heterocycles. The molecule has 0 atom stereocenters. The highest BCUT2D eigenvalue weighted by molar-refractivity contribution is 7.07. The molecular formula is C9H9N3O3S. The maximum absolute atomic E-state index is 11.3. The second-order valence-corrected chi connectivity index (χ2v) is 3.90. The van der Waals surface area contributed by atoms with Crippen molar-refractivity contribution in [2.45, 2.75) is 6.54 Å². The van der Waals surface area contributed by atoms with E-state index in [2.05, 4.69) is 0 Å². The van der Waals surface area contributed by atoms with Crippen molar-refractivity contribution >= 4 is 17.2 Å². The molecule has 2 aromatic rings. The van der Waals surface area contributed by atoms with Gasteiger partial charge < -0.3 is 8.98 Å². The van der Waals surface area contributed by atoms with Gasteiger partial charge in [-0.2, -0.15) is 0 Å². The number of nitrogens with zero attached hydrogens (tertiary/aromatic N) is 1. The molecule has 0 aromatic carbocycles. The molecule has 16 heavy (non-hydrogen) atoms. The van der Waals surface area contributed by atoms with Crippen molar-refractivity contribution in [3.63, 3.8) is 0 Å². The predicted molar refractivity (Wildman–Crippen MR) is 58.0 cm³/mol. The monoisotopic (exact) mass is 239 g/mol. The Morgan fingerprint density at radius 1 is 1.62 bits per heavy atom. The maximum atomic E-state index is 11.3. The van der Waals surface area contributed by atoms with Crippen molar-refractivity contribution in [3.8, 4) is 0 Å². The van der Waals surface area contributed by atoms with Gasteiger partial charge in [0.1, 0.15) is 0 Å². The zero-order chi connectivity index (χ0) is 11.5. The van der Waals surface area contributed by atoms with E-state index in [9.17, 15) is 9.59 Å². The lowest BCUT2D eigenvalue weighted by Gasteiger charge is -2.01. The van der Waals surface area contributed by atoms with Crippen LogP contribution >= 0.6 is 11.3 Å². The summed E-state index contributed by atoms with van der Waals surface area (Å²) in [6.45, 7) is 0.293. The van der Waals surface area contributed by atoms with Crippen LogP contribution in [0.4, 0.5) is 0 Å². The average molecular weight is 239 g/mol. The largest absolute Gasteiger partial charge is 0.459 e. The molecule has 6 nitrogen and oxygen atoms in total. The van der Waals surface area contributed by atoms with E-state index in [4.69, 9.17) is 10.3 Å². The van der Waals surface area contributed by atoms with Crippen molar-refractivity contribution in [3.05, 3.63) is 44.9 Å². The fourth-order valence-corrected chi connectivity index (χ4v) is 1.90. The van der Waals surface area contributed by atoms with E-state index in [-0.39, 0.29) is 10.6 Å². The van der Waals surface area contributed by atoms with Crippen molar-refractivity contribution < 1.29 is 9.21 Å². The summed E-state index contributed by atoms with van der Waals surface area (Å²) in [5.74, 6) is 4.62. The fraction of sp³-hybridized carbons (Fsp3) is 0.111. The van der Waals surface area contributed by atoms with Crippen LogP contribution in [0.2, 0.25) is 0 Å². The minimum atomic E-state index is -0.511. The van der Waals surface area contributed by atoms with Gasteiger partial charge in [0.05, 0.1) is 12.8 Å². The third kappa shape index (κ3) is 1.90. The Labute approximate surface area is 94.3 Å². The lowest BCUT2D eigenvalue weighted by Crippen LogP contribution is -2.30. The van der Waals surface area contributed by atoms with Crippen LogP contribution in [0, 0.1) is 0 Å². The number of aromatic nitrogens is 1. The van der Waals surface area contributed by atoms with Crippen LogP contribution in [-0.2, 0) is 6.54 Å². The molecule has 1 amide bonds. The summed E-state index contributed by atoms with van der Waals surface area (Å²) in [7, 11) is 0. The van der Waals surface area contributed by atoms with Crippen molar-refractivity contribution in [2.24, 2.45) is 5.84 Å². The SMILES string of the molecule is NNC(=O)c1occc1Cn1ccsc1=O. The fourth-order valence-electron chi connectivity index (χ4n) is 1.32. The molecule has 0 bridgehead atoms. The first-order chi connectivity index (χ1) is 7.72. The summed E-state index contributed by atoms with van der Waals surface area (Å²) in [4.78, 5) is 22.5. The number of carbonyl (C=O) groups is 1. The van der Waals surface area contributed by atoms with Gasteiger partial charge in [-0.15, -0.1) is 0 Å². The highest BCUT2D eigenvalue weighted by atomic mass is 32.1. The molecule has 0 spiro atoms. The molecule has 2 heterocycles. The van der Waals surface area contributed by atoms with Crippen LogP contribution in [0.1, 0.15) is 16.1 Å². The van der Waals surface area contributed by atoms with Gasteiger partial charge in [-0.3, -0.25) is 15.0 Å². The molecule has 84 valence electrons. The number of amides is 1. The molecule has 0 unspecified atom stereocenters. The summed E-state index contributed by atoms with van der Waals surface area (Å²) in [6.07, 6.45) is 3.04. The second-order valence-electron chi connectivity index (χ2n) is 3.05. The molecule has 0 aliphatic rings. The number of nitrogens with two attached hydrogens (primary N) is 1. The number of nitrogen functional groups attached to an aromatic ring is 1. The Hall–Kier alpha value is -1.86. The van der Waals surface area contributed by atoms with Gasteiger partial charge in [0.15, 0.2) is 5.76 Å². The van der Waals surface area contributed by atoms with Crippen LogP contribution in [0.15, 0.2) is 33.1 Å². The highest BCUT2D eigenvalue weighted by Gasteiger charge is 2.14. The number of nitrogens with one attached hydrogen (secondary N) is 1. The second kappa shape index (κ2) is 4.33. The maximum Gasteiger partial charge on any atom is 0.307 e. The van der Waals surface area contributed by atoms with Crippen LogP contribution < -0.4 is 16.1 Å². The lowest BCUT2D eigenvalue weighted by atomic mass is 10.2. The zero-order valence-electron chi connectivity index (χ0n) is 8.17. The van der Waals surface area contributed by atoms with Crippen LogP contribution in [0.5, 0.6) is 0 Å². The highest BCUT2D eigenvalue weighted by Crippen LogP contribution is 2.11. The minimum absolute atomic E-state index is 0.0830. The summed E-state index contributed by atoms with van der Waals surface area (Å²) in [5, 5.41) is 1.69. The summed E-state index contributed by atoms with van der Waals surface area (Å²) in [6, 6.07) is 1.63. The van der Waals surface area contributed by atoms with Gasteiger partial charge in [0, 0.05) is 17.1 Å². The number of carbonyl (C=O) groups excluding carboxylic acids is 1. The Morgan fingerprint density at radius 2 is 2.44 bits per heavy atom. The van der Waals surface area contributed by atoms with Gasteiger partial charge in [0.25, 0.3) is 0 Å². The Bertz CT molecular complexity index is 554. The number of hydrogen-bond donors (Lipinski definition) is 2. The number of thiazole rings is 1. The molecular weight excluding hydrogens is 230 g/mol. The van der Waals surface area contributed by atoms with E-state index in [1.165, 1.54) is 10.8 Å². The third-order valence-electron chi connectivity index (χ3n) is 2.07. The minimum Gasteiger partial charge on any atom is -0.459 e. The van der Waals surface area contributed by atoms with Crippen molar-refractivity contribution in [2.75, 3.05) is 0 Å². The number of rotatable bonds is 3. The van der Waals surface area contributed by atoms with Gasteiger partial charge in [-0.1, -0.05) is 11.3 Å². The smallest absolute Gasteiger partial charge is 0.307 e. The van der Waals surface area contributed by atoms with Crippen molar-refractivity contribution in [1.29, 1.82) is 0 Å². The molecule has 2 rings (SSSR count). The third-order valence-corrected chi connectivity index (χ3v) is 2.76. The predicted octanol–water partition coefficient (Wildman–Crippen LogP) is 0.155. The van der Waals surface area contributed by atoms with Gasteiger partial charge in [-0.05, 0) is 6.07 Å². The van der Waals surface area contributed by atoms with E-state index in [0.29, 0.717) is 12.1 Å². The summed E-state index contributed by atoms with van der Waals surface area (Å²) < 4.78 is 6.49. The Morgan fingerprint density at radius 3 is 3.06 bits per heavy atom. The molecule has 3 N–H and O–H groups in total. The average Bonchev–Trinajstić information content (AvgIpc) is 2.88. The summed E-state index contributed by atoms with van der Waals surface area (Å²) >= 11 is 1.10.